The Hall–Kier alpha value is -2.88. The number of hydrogen-bond acceptors (Lipinski definition) is 3. The van der Waals surface area contributed by atoms with E-state index < -0.39 is 0 Å². The van der Waals surface area contributed by atoms with Gasteiger partial charge in [-0.3, -0.25) is 14.5 Å². The van der Waals surface area contributed by atoms with E-state index in [1.807, 2.05) is 68.3 Å². The van der Waals surface area contributed by atoms with Gasteiger partial charge in [-0.1, -0.05) is 67.6 Å². The summed E-state index contributed by atoms with van der Waals surface area (Å²) in [5.41, 5.74) is 4.95. The zero-order valence-electron chi connectivity index (χ0n) is 18.1. The highest BCUT2D eigenvalue weighted by atomic mass is 16.2. The molecule has 4 nitrogen and oxygen atoms in total. The normalized spacial score (nSPS) is 18.2. The maximum Gasteiger partial charge on any atom is 0.278 e. The number of aryl methyl sites for hydroxylation is 2. The van der Waals surface area contributed by atoms with E-state index in [0.29, 0.717) is 11.3 Å². The summed E-state index contributed by atoms with van der Waals surface area (Å²) in [6.45, 7) is 4.06. The average molecular weight is 403 g/mol. The zero-order valence-corrected chi connectivity index (χ0v) is 18.1. The average Bonchev–Trinajstić information content (AvgIpc) is 2.91. The van der Waals surface area contributed by atoms with E-state index in [1.54, 1.807) is 4.90 Å². The number of imide groups is 1. The molecule has 2 amide bonds. The number of benzene rings is 2. The lowest BCUT2D eigenvalue weighted by molar-refractivity contribution is -0.139. The number of hydrogen-bond donors (Lipinski definition) is 0. The molecule has 1 fully saturated rings. The predicted molar refractivity (Wildman–Crippen MR) is 121 cm³/mol. The summed E-state index contributed by atoms with van der Waals surface area (Å²) in [6, 6.07) is 15.9. The number of carbonyl (C=O) groups excluding carboxylic acids is 2. The molecule has 0 radical (unpaired) electrons. The second-order valence-electron chi connectivity index (χ2n) is 8.56. The Balaban J connectivity index is 1.83. The van der Waals surface area contributed by atoms with Gasteiger partial charge in [0.05, 0.1) is 5.57 Å². The van der Waals surface area contributed by atoms with Crippen LogP contribution in [0, 0.1) is 13.8 Å². The second-order valence-corrected chi connectivity index (χ2v) is 8.56. The number of carbonyl (C=O) groups is 2. The summed E-state index contributed by atoms with van der Waals surface area (Å²) < 4.78 is 0. The fourth-order valence-corrected chi connectivity index (χ4v) is 4.81. The molecule has 4 rings (SSSR count). The number of likely N-dealkylation sites (N-methyl/N-ethyl adjacent to an activating group) is 1. The molecule has 1 heterocycles. The summed E-state index contributed by atoms with van der Waals surface area (Å²) in [7, 11) is 1.88. The van der Waals surface area contributed by atoms with Crippen molar-refractivity contribution in [1.82, 2.24) is 4.90 Å². The quantitative estimate of drug-likeness (QED) is 0.518. The van der Waals surface area contributed by atoms with Crippen molar-refractivity contribution in [2.45, 2.75) is 58.4 Å². The molecule has 2 aromatic carbocycles. The molecule has 0 saturated heterocycles. The van der Waals surface area contributed by atoms with Crippen LogP contribution in [0.5, 0.6) is 0 Å². The first-order valence-electron chi connectivity index (χ1n) is 11.0. The first-order chi connectivity index (χ1) is 14.5. The molecule has 0 N–H and O–H groups in total. The summed E-state index contributed by atoms with van der Waals surface area (Å²) >= 11 is 0. The van der Waals surface area contributed by atoms with E-state index in [0.717, 1.165) is 48.1 Å². The van der Waals surface area contributed by atoms with Gasteiger partial charge in [-0.25, -0.2) is 0 Å². The Labute approximate surface area is 179 Å². The smallest absolute Gasteiger partial charge is 0.278 e. The Morgan fingerprint density at radius 1 is 0.867 bits per heavy atom. The molecule has 2 aliphatic rings. The van der Waals surface area contributed by atoms with Gasteiger partial charge in [0, 0.05) is 18.8 Å². The SMILES string of the molecule is Cc1ccc(C2=C(N(C)c3ccccc3)C(=O)N(C3CCCCCC3)C2=O)c(C)c1. The number of rotatable bonds is 4. The van der Waals surface area contributed by atoms with Crippen LogP contribution < -0.4 is 4.90 Å². The molecule has 2 aromatic rings. The van der Waals surface area contributed by atoms with Gasteiger partial charge in [0.15, 0.2) is 0 Å². The molecule has 0 bridgehead atoms. The Morgan fingerprint density at radius 2 is 1.53 bits per heavy atom. The molecule has 1 aliphatic heterocycles. The minimum Gasteiger partial charge on any atom is -0.339 e. The van der Waals surface area contributed by atoms with Crippen molar-refractivity contribution in [3.05, 3.63) is 70.9 Å². The Kier molecular flexibility index (Phi) is 5.76. The van der Waals surface area contributed by atoms with Gasteiger partial charge in [-0.15, -0.1) is 0 Å². The van der Waals surface area contributed by atoms with E-state index in [1.165, 1.54) is 12.8 Å². The topological polar surface area (TPSA) is 40.6 Å². The minimum atomic E-state index is -0.159. The van der Waals surface area contributed by atoms with Crippen LogP contribution in [0.2, 0.25) is 0 Å². The fraction of sp³-hybridized carbons (Fsp3) is 0.385. The van der Waals surface area contributed by atoms with Crippen LogP contribution in [0.4, 0.5) is 5.69 Å². The van der Waals surface area contributed by atoms with Crippen LogP contribution in [0.15, 0.2) is 54.2 Å². The maximum atomic E-state index is 13.7. The number of para-hydroxylation sites is 1. The van der Waals surface area contributed by atoms with E-state index in [9.17, 15) is 9.59 Å². The molecule has 0 aromatic heterocycles. The molecule has 1 aliphatic carbocycles. The molecule has 0 atom stereocenters. The predicted octanol–water partition coefficient (Wildman–Crippen LogP) is 5.24. The summed E-state index contributed by atoms with van der Waals surface area (Å²) in [5.74, 6) is -0.301. The first kappa shape index (κ1) is 20.4. The molecule has 0 unspecified atom stereocenters. The number of anilines is 1. The van der Waals surface area contributed by atoms with Gasteiger partial charge in [-0.05, 0) is 49.9 Å². The van der Waals surface area contributed by atoms with Gasteiger partial charge in [0.25, 0.3) is 11.8 Å². The molecular weight excluding hydrogens is 372 g/mol. The van der Waals surface area contributed by atoms with Gasteiger partial charge in [-0.2, -0.15) is 0 Å². The minimum absolute atomic E-state index is 0.00470. The molecule has 1 saturated carbocycles. The van der Waals surface area contributed by atoms with Crippen LogP contribution in [-0.2, 0) is 9.59 Å². The number of amides is 2. The maximum absolute atomic E-state index is 13.7. The van der Waals surface area contributed by atoms with Crippen molar-refractivity contribution in [3.8, 4) is 0 Å². The lowest BCUT2D eigenvalue weighted by Gasteiger charge is -2.27. The lowest BCUT2D eigenvalue weighted by atomic mass is 9.97. The van der Waals surface area contributed by atoms with Crippen molar-refractivity contribution >= 4 is 23.1 Å². The highest BCUT2D eigenvalue weighted by molar-refractivity contribution is 6.37. The van der Waals surface area contributed by atoms with Crippen LogP contribution in [0.3, 0.4) is 0 Å². The third kappa shape index (κ3) is 3.67. The van der Waals surface area contributed by atoms with Crippen molar-refractivity contribution in [2.75, 3.05) is 11.9 Å². The van der Waals surface area contributed by atoms with Crippen LogP contribution in [0.1, 0.15) is 55.2 Å². The van der Waals surface area contributed by atoms with Crippen molar-refractivity contribution in [1.29, 1.82) is 0 Å². The summed E-state index contributed by atoms with van der Waals surface area (Å²) in [5, 5.41) is 0. The monoisotopic (exact) mass is 402 g/mol. The van der Waals surface area contributed by atoms with Gasteiger partial charge in [0.1, 0.15) is 5.70 Å². The Bertz CT molecular complexity index is 985. The highest BCUT2D eigenvalue weighted by Crippen LogP contribution is 2.38. The third-order valence-electron chi connectivity index (χ3n) is 6.41. The molecule has 0 spiro atoms. The summed E-state index contributed by atoms with van der Waals surface area (Å²) in [4.78, 5) is 30.9. The molecule has 156 valence electrons. The van der Waals surface area contributed by atoms with Crippen molar-refractivity contribution in [3.63, 3.8) is 0 Å². The third-order valence-corrected chi connectivity index (χ3v) is 6.41. The van der Waals surface area contributed by atoms with Gasteiger partial charge >= 0.3 is 0 Å². The Morgan fingerprint density at radius 3 is 2.17 bits per heavy atom. The van der Waals surface area contributed by atoms with Crippen molar-refractivity contribution < 1.29 is 9.59 Å². The van der Waals surface area contributed by atoms with Crippen molar-refractivity contribution in [2.24, 2.45) is 0 Å². The van der Waals surface area contributed by atoms with E-state index in [-0.39, 0.29) is 17.9 Å². The van der Waals surface area contributed by atoms with Crippen LogP contribution >= 0.6 is 0 Å². The fourth-order valence-electron chi connectivity index (χ4n) is 4.81. The van der Waals surface area contributed by atoms with Gasteiger partial charge in [0.2, 0.25) is 0 Å². The highest BCUT2D eigenvalue weighted by Gasteiger charge is 2.44. The standard InChI is InChI=1S/C26H30N2O2/c1-18-15-16-22(19(2)17-18)23-24(27(3)20-11-9-6-10-12-20)26(30)28(25(23)29)21-13-7-4-5-8-14-21/h6,9-12,15-17,21H,4-5,7-8,13-14H2,1-3H3. The number of nitrogens with zero attached hydrogens (tertiary/aromatic N) is 2. The van der Waals surface area contributed by atoms with E-state index in [2.05, 4.69) is 6.07 Å². The van der Waals surface area contributed by atoms with Gasteiger partial charge < -0.3 is 4.90 Å². The first-order valence-corrected chi connectivity index (χ1v) is 11.0. The second kappa shape index (κ2) is 8.47. The summed E-state index contributed by atoms with van der Waals surface area (Å²) in [6.07, 6.45) is 6.32. The van der Waals surface area contributed by atoms with E-state index in [4.69, 9.17) is 0 Å². The van der Waals surface area contributed by atoms with E-state index >= 15 is 0 Å². The zero-order chi connectivity index (χ0) is 21.3. The molecule has 30 heavy (non-hydrogen) atoms. The molecule has 4 heteroatoms. The van der Waals surface area contributed by atoms with Crippen LogP contribution in [0.25, 0.3) is 5.57 Å². The van der Waals surface area contributed by atoms with Crippen LogP contribution in [-0.4, -0.2) is 29.8 Å². The largest absolute Gasteiger partial charge is 0.339 e. The molecular formula is C26H30N2O2. The lowest BCUT2D eigenvalue weighted by Crippen LogP contribution is -2.42.